The molecule has 1 saturated heterocycles. The molecule has 0 N–H and O–H groups in total. The molecule has 0 saturated carbocycles. The van der Waals surface area contributed by atoms with E-state index < -0.39 is 0 Å². The molecule has 2 heteroatoms. The van der Waals surface area contributed by atoms with Crippen molar-refractivity contribution in [1.29, 1.82) is 0 Å². The summed E-state index contributed by atoms with van der Waals surface area (Å²) in [5.74, 6) is 0.387. The van der Waals surface area contributed by atoms with Crippen molar-refractivity contribution in [3.05, 3.63) is 42.0 Å². The third-order valence-corrected chi connectivity index (χ3v) is 4.08. The van der Waals surface area contributed by atoms with Crippen molar-refractivity contribution in [2.45, 2.75) is 39.5 Å². The summed E-state index contributed by atoms with van der Waals surface area (Å²) < 4.78 is 0. The standard InChI is InChI=1S/C18H25NO/c1-14(2)17-9-7-16(8-10-17)13-15(3)18(20)19-11-5-4-6-12-19/h7-10,15H,1,4-6,11-13H2,2-3H3. The van der Waals surface area contributed by atoms with Crippen LogP contribution in [0.1, 0.15) is 44.2 Å². The quantitative estimate of drug-likeness (QED) is 0.813. The highest BCUT2D eigenvalue weighted by molar-refractivity contribution is 5.78. The van der Waals surface area contributed by atoms with Gasteiger partial charge in [0, 0.05) is 19.0 Å². The number of hydrogen-bond donors (Lipinski definition) is 0. The van der Waals surface area contributed by atoms with Crippen molar-refractivity contribution in [3.63, 3.8) is 0 Å². The monoisotopic (exact) mass is 271 g/mol. The van der Waals surface area contributed by atoms with E-state index in [0.717, 1.165) is 37.9 Å². The Labute approximate surface area is 122 Å². The maximum absolute atomic E-state index is 12.4. The highest BCUT2D eigenvalue weighted by Crippen LogP contribution is 2.18. The van der Waals surface area contributed by atoms with E-state index in [4.69, 9.17) is 0 Å². The average Bonchev–Trinajstić information content (AvgIpc) is 2.48. The lowest BCUT2D eigenvalue weighted by atomic mass is 9.97. The van der Waals surface area contributed by atoms with Crippen molar-refractivity contribution in [1.82, 2.24) is 4.90 Å². The number of benzene rings is 1. The van der Waals surface area contributed by atoms with Gasteiger partial charge in [-0.25, -0.2) is 0 Å². The zero-order valence-corrected chi connectivity index (χ0v) is 12.7. The van der Waals surface area contributed by atoms with Gasteiger partial charge < -0.3 is 4.90 Å². The van der Waals surface area contributed by atoms with Crippen LogP contribution < -0.4 is 0 Å². The van der Waals surface area contributed by atoms with E-state index in [9.17, 15) is 4.79 Å². The molecule has 2 rings (SSSR count). The number of piperidine rings is 1. The molecule has 0 radical (unpaired) electrons. The molecule has 1 fully saturated rings. The van der Waals surface area contributed by atoms with Crippen LogP contribution in [-0.4, -0.2) is 23.9 Å². The summed E-state index contributed by atoms with van der Waals surface area (Å²) in [4.78, 5) is 14.4. The summed E-state index contributed by atoms with van der Waals surface area (Å²) in [7, 11) is 0. The lowest BCUT2D eigenvalue weighted by Gasteiger charge is -2.29. The van der Waals surface area contributed by atoms with Crippen LogP contribution in [0.2, 0.25) is 0 Å². The number of carbonyl (C=O) groups is 1. The Hall–Kier alpha value is -1.57. The molecule has 1 aliphatic heterocycles. The molecule has 0 aromatic heterocycles. The number of likely N-dealkylation sites (tertiary alicyclic amines) is 1. The third kappa shape index (κ3) is 3.72. The second kappa shape index (κ2) is 6.74. The summed E-state index contributed by atoms with van der Waals surface area (Å²) in [5, 5.41) is 0. The first-order valence-electron chi connectivity index (χ1n) is 7.61. The molecule has 0 spiro atoms. The first-order valence-corrected chi connectivity index (χ1v) is 7.61. The zero-order valence-electron chi connectivity index (χ0n) is 12.7. The van der Waals surface area contributed by atoms with E-state index in [0.29, 0.717) is 5.91 Å². The van der Waals surface area contributed by atoms with Gasteiger partial charge in [-0.05, 0) is 43.7 Å². The normalized spacial score (nSPS) is 16.8. The SMILES string of the molecule is C=C(C)c1ccc(CC(C)C(=O)N2CCCCC2)cc1. The Morgan fingerprint density at radius 1 is 1.20 bits per heavy atom. The Morgan fingerprint density at radius 2 is 1.80 bits per heavy atom. The molecule has 0 aliphatic carbocycles. The molecule has 1 amide bonds. The van der Waals surface area contributed by atoms with Crippen molar-refractivity contribution in [2.24, 2.45) is 5.92 Å². The average molecular weight is 271 g/mol. The van der Waals surface area contributed by atoms with Crippen LogP contribution in [-0.2, 0) is 11.2 Å². The summed E-state index contributed by atoms with van der Waals surface area (Å²) in [6.45, 7) is 9.89. The van der Waals surface area contributed by atoms with Gasteiger partial charge in [0.05, 0.1) is 0 Å². The van der Waals surface area contributed by atoms with Gasteiger partial charge >= 0.3 is 0 Å². The fraction of sp³-hybridized carbons (Fsp3) is 0.500. The molecule has 1 unspecified atom stereocenters. The Kier molecular flexibility index (Phi) is 4.99. The molecule has 0 bridgehead atoms. The van der Waals surface area contributed by atoms with E-state index >= 15 is 0 Å². The van der Waals surface area contributed by atoms with E-state index in [1.54, 1.807) is 0 Å². The Balaban J connectivity index is 1.94. The van der Waals surface area contributed by atoms with Gasteiger partial charge in [-0.2, -0.15) is 0 Å². The molecule has 1 aliphatic rings. The molecular weight excluding hydrogens is 246 g/mol. The van der Waals surface area contributed by atoms with Crippen LogP contribution in [0.15, 0.2) is 30.8 Å². The molecule has 1 aromatic carbocycles. The fourth-order valence-corrected chi connectivity index (χ4v) is 2.79. The van der Waals surface area contributed by atoms with Gasteiger partial charge in [0.2, 0.25) is 5.91 Å². The number of hydrogen-bond acceptors (Lipinski definition) is 1. The Bertz CT molecular complexity index is 469. The molecule has 20 heavy (non-hydrogen) atoms. The number of amides is 1. The number of rotatable bonds is 4. The summed E-state index contributed by atoms with van der Waals surface area (Å²) in [5.41, 5.74) is 3.48. The fourth-order valence-electron chi connectivity index (χ4n) is 2.79. The van der Waals surface area contributed by atoms with Gasteiger partial charge in [0.25, 0.3) is 0 Å². The second-order valence-electron chi connectivity index (χ2n) is 5.97. The maximum atomic E-state index is 12.4. The second-order valence-corrected chi connectivity index (χ2v) is 5.97. The van der Waals surface area contributed by atoms with Crippen LogP contribution in [0.4, 0.5) is 0 Å². The van der Waals surface area contributed by atoms with Gasteiger partial charge in [-0.15, -0.1) is 0 Å². The van der Waals surface area contributed by atoms with Crippen molar-refractivity contribution < 1.29 is 4.79 Å². The first kappa shape index (κ1) is 14.8. The van der Waals surface area contributed by atoms with Crippen LogP contribution in [0.3, 0.4) is 0 Å². The van der Waals surface area contributed by atoms with Gasteiger partial charge in [-0.3, -0.25) is 4.79 Å². The van der Waals surface area contributed by atoms with Crippen LogP contribution in [0.25, 0.3) is 5.57 Å². The molecular formula is C18H25NO. The third-order valence-electron chi connectivity index (χ3n) is 4.08. The summed E-state index contributed by atoms with van der Waals surface area (Å²) >= 11 is 0. The van der Waals surface area contributed by atoms with Gasteiger partial charge in [0.1, 0.15) is 0 Å². The van der Waals surface area contributed by atoms with Gasteiger partial charge in [0.15, 0.2) is 0 Å². The van der Waals surface area contributed by atoms with E-state index in [-0.39, 0.29) is 5.92 Å². The van der Waals surface area contributed by atoms with E-state index in [1.165, 1.54) is 17.5 Å². The lowest BCUT2D eigenvalue weighted by Crippen LogP contribution is -2.39. The number of carbonyl (C=O) groups excluding carboxylic acids is 1. The topological polar surface area (TPSA) is 20.3 Å². The molecule has 1 aromatic rings. The lowest BCUT2D eigenvalue weighted by molar-refractivity contribution is -0.135. The van der Waals surface area contributed by atoms with E-state index in [2.05, 4.69) is 30.8 Å². The van der Waals surface area contributed by atoms with Crippen molar-refractivity contribution >= 4 is 11.5 Å². The van der Waals surface area contributed by atoms with Gasteiger partial charge in [-0.1, -0.05) is 43.3 Å². The highest BCUT2D eigenvalue weighted by Gasteiger charge is 2.22. The summed E-state index contributed by atoms with van der Waals surface area (Å²) in [6, 6.07) is 8.42. The predicted molar refractivity (Wildman–Crippen MR) is 84.4 cm³/mol. The molecule has 108 valence electrons. The minimum atomic E-state index is 0.0729. The zero-order chi connectivity index (χ0) is 14.5. The number of nitrogens with zero attached hydrogens (tertiary/aromatic N) is 1. The van der Waals surface area contributed by atoms with E-state index in [1.807, 2.05) is 18.7 Å². The van der Waals surface area contributed by atoms with Crippen molar-refractivity contribution in [2.75, 3.05) is 13.1 Å². The van der Waals surface area contributed by atoms with Crippen LogP contribution in [0.5, 0.6) is 0 Å². The number of allylic oxidation sites excluding steroid dienone is 1. The minimum Gasteiger partial charge on any atom is -0.342 e. The summed E-state index contributed by atoms with van der Waals surface area (Å²) in [6.07, 6.45) is 4.41. The van der Waals surface area contributed by atoms with Crippen LogP contribution in [0, 0.1) is 5.92 Å². The van der Waals surface area contributed by atoms with Crippen molar-refractivity contribution in [3.8, 4) is 0 Å². The minimum absolute atomic E-state index is 0.0729. The highest BCUT2D eigenvalue weighted by atomic mass is 16.2. The molecule has 1 heterocycles. The maximum Gasteiger partial charge on any atom is 0.225 e. The first-order chi connectivity index (χ1) is 9.58. The smallest absolute Gasteiger partial charge is 0.225 e. The molecule has 1 atom stereocenters. The molecule has 2 nitrogen and oxygen atoms in total. The largest absolute Gasteiger partial charge is 0.342 e. The van der Waals surface area contributed by atoms with Crippen LogP contribution >= 0.6 is 0 Å². The Morgan fingerprint density at radius 3 is 2.35 bits per heavy atom. The predicted octanol–water partition coefficient (Wildman–Crippen LogP) is 3.91.